The monoisotopic (exact) mass is 280 g/mol. The van der Waals surface area contributed by atoms with Gasteiger partial charge in [-0.15, -0.1) is 0 Å². The summed E-state index contributed by atoms with van der Waals surface area (Å²) in [5.41, 5.74) is 4.23. The number of benzene rings is 2. The summed E-state index contributed by atoms with van der Waals surface area (Å²) in [7, 11) is 1.36. The maximum Gasteiger partial charge on any atom is 0.337 e. The minimum absolute atomic E-state index is 0.341. The van der Waals surface area contributed by atoms with E-state index in [2.05, 4.69) is 16.1 Å². The third kappa shape index (κ3) is 3.61. The Bertz CT molecular complexity index is 685. The van der Waals surface area contributed by atoms with E-state index in [1.54, 1.807) is 18.2 Å². The van der Waals surface area contributed by atoms with E-state index in [4.69, 9.17) is 5.26 Å². The van der Waals surface area contributed by atoms with Crippen LogP contribution in [0.5, 0.6) is 0 Å². The first-order valence-corrected chi connectivity index (χ1v) is 6.56. The lowest BCUT2D eigenvalue weighted by molar-refractivity contribution is 0.0600. The molecule has 0 aliphatic rings. The smallest absolute Gasteiger partial charge is 0.337 e. The second-order valence-electron chi connectivity index (χ2n) is 4.68. The lowest BCUT2D eigenvalue weighted by Gasteiger charge is -2.10. The maximum absolute atomic E-state index is 11.4. The highest BCUT2D eigenvalue weighted by atomic mass is 16.5. The van der Waals surface area contributed by atoms with E-state index in [0.717, 1.165) is 16.8 Å². The van der Waals surface area contributed by atoms with Crippen LogP contribution in [0.2, 0.25) is 0 Å². The fourth-order valence-corrected chi connectivity index (χ4v) is 1.96. The zero-order valence-electron chi connectivity index (χ0n) is 12.0. The largest absolute Gasteiger partial charge is 0.465 e. The fourth-order valence-electron chi connectivity index (χ4n) is 1.96. The van der Waals surface area contributed by atoms with Crippen molar-refractivity contribution in [3.05, 3.63) is 64.7 Å². The molecule has 0 atom stereocenters. The molecule has 0 saturated carbocycles. The number of nitrogens with one attached hydrogen (secondary N) is 1. The molecule has 106 valence electrons. The zero-order chi connectivity index (χ0) is 15.2. The molecule has 21 heavy (non-hydrogen) atoms. The molecule has 0 fully saturated rings. The molecule has 0 aliphatic carbocycles. The second kappa shape index (κ2) is 6.58. The maximum atomic E-state index is 11.4. The van der Waals surface area contributed by atoms with Crippen molar-refractivity contribution in [3.63, 3.8) is 0 Å². The van der Waals surface area contributed by atoms with Crippen molar-refractivity contribution in [2.24, 2.45) is 0 Å². The van der Waals surface area contributed by atoms with Gasteiger partial charge in [-0.2, -0.15) is 5.26 Å². The summed E-state index contributed by atoms with van der Waals surface area (Å²) in [5.74, 6) is -0.341. The Hall–Kier alpha value is -2.80. The summed E-state index contributed by atoms with van der Waals surface area (Å²) in [6, 6.07) is 14.9. The lowest BCUT2D eigenvalue weighted by atomic mass is 10.1. The van der Waals surface area contributed by atoms with Crippen LogP contribution >= 0.6 is 0 Å². The molecular formula is C17H16N2O2. The van der Waals surface area contributed by atoms with Crippen molar-refractivity contribution in [2.75, 3.05) is 12.4 Å². The number of carbonyl (C=O) groups is 1. The number of nitriles is 1. The van der Waals surface area contributed by atoms with Crippen LogP contribution in [0.15, 0.2) is 42.5 Å². The molecule has 0 aromatic heterocycles. The standard InChI is InChI=1S/C17H16N2O2/c1-12-3-4-14(10-18)9-16(12)19-11-13-5-7-15(8-6-13)17(20)21-2/h3-9,19H,11H2,1-2H3. The van der Waals surface area contributed by atoms with Crippen LogP contribution in [0, 0.1) is 18.3 Å². The van der Waals surface area contributed by atoms with Crippen molar-refractivity contribution in [2.45, 2.75) is 13.5 Å². The molecule has 0 radical (unpaired) electrons. The van der Waals surface area contributed by atoms with Gasteiger partial charge in [0.1, 0.15) is 0 Å². The average Bonchev–Trinajstić information content (AvgIpc) is 2.54. The molecule has 1 N–H and O–H groups in total. The molecule has 4 nitrogen and oxygen atoms in total. The number of hydrogen-bond donors (Lipinski definition) is 1. The normalized spacial score (nSPS) is 9.76. The molecule has 0 unspecified atom stereocenters. The van der Waals surface area contributed by atoms with Gasteiger partial charge < -0.3 is 10.1 Å². The first-order chi connectivity index (χ1) is 10.1. The fraction of sp³-hybridized carbons (Fsp3) is 0.176. The highest BCUT2D eigenvalue weighted by Gasteiger charge is 2.05. The molecule has 2 aromatic carbocycles. The van der Waals surface area contributed by atoms with Gasteiger partial charge in [0.2, 0.25) is 0 Å². The van der Waals surface area contributed by atoms with Gasteiger partial charge >= 0.3 is 5.97 Å². The number of carbonyl (C=O) groups excluding carboxylic acids is 1. The van der Waals surface area contributed by atoms with Crippen LogP contribution in [-0.2, 0) is 11.3 Å². The second-order valence-corrected chi connectivity index (χ2v) is 4.68. The molecule has 4 heteroatoms. The number of hydrogen-bond acceptors (Lipinski definition) is 4. The summed E-state index contributed by atoms with van der Waals surface area (Å²) in [6.07, 6.45) is 0. The van der Waals surface area contributed by atoms with E-state index in [1.165, 1.54) is 7.11 Å². The van der Waals surface area contributed by atoms with Gasteiger partial charge in [-0.25, -0.2) is 4.79 Å². The molecule has 2 rings (SSSR count). The Kier molecular flexibility index (Phi) is 4.57. The molecule has 0 amide bonds. The summed E-state index contributed by atoms with van der Waals surface area (Å²) in [4.78, 5) is 11.4. The minimum atomic E-state index is -0.341. The quantitative estimate of drug-likeness (QED) is 0.873. The summed E-state index contributed by atoms with van der Waals surface area (Å²) in [6.45, 7) is 2.61. The number of anilines is 1. The van der Waals surface area contributed by atoms with E-state index < -0.39 is 0 Å². The van der Waals surface area contributed by atoms with Crippen molar-refractivity contribution < 1.29 is 9.53 Å². The van der Waals surface area contributed by atoms with E-state index in [1.807, 2.05) is 31.2 Å². The highest BCUT2D eigenvalue weighted by Crippen LogP contribution is 2.17. The number of nitrogens with zero attached hydrogens (tertiary/aromatic N) is 1. The molecule has 0 saturated heterocycles. The molecule has 0 heterocycles. The summed E-state index contributed by atoms with van der Waals surface area (Å²) < 4.78 is 4.66. The number of methoxy groups -OCH3 is 1. The van der Waals surface area contributed by atoms with Crippen LogP contribution in [0.3, 0.4) is 0 Å². The van der Waals surface area contributed by atoms with Crippen LogP contribution in [0.1, 0.15) is 27.0 Å². The molecule has 0 spiro atoms. The number of ether oxygens (including phenoxy) is 1. The third-order valence-electron chi connectivity index (χ3n) is 3.22. The van der Waals surface area contributed by atoms with Gasteiger partial charge in [0.15, 0.2) is 0 Å². The van der Waals surface area contributed by atoms with Crippen LogP contribution < -0.4 is 5.32 Å². The Morgan fingerprint density at radius 2 is 1.95 bits per heavy atom. The van der Waals surface area contributed by atoms with E-state index >= 15 is 0 Å². The molecular weight excluding hydrogens is 264 g/mol. The van der Waals surface area contributed by atoms with Gasteiger partial charge in [0, 0.05) is 12.2 Å². The van der Waals surface area contributed by atoms with Gasteiger partial charge in [0.25, 0.3) is 0 Å². The zero-order valence-corrected chi connectivity index (χ0v) is 12.0. The predicted molar refractivity (Wildman–Crippen MR) is 81.0 cm³/mol. The first kappa shape index (κ1) is 14.6. The number of aryl methyl sites for hydroxylation is 1. The van der Waals surface area contributed by atoms with Gasteiger partial charge in [0.05, 0.1) is 24.3 Å². The molecule has 0 aliphatic heterocycles. The predicted octanol–water partition coefficient (Wildman–Crippen LogP) is 3.27. The van der Waals surface area contributed by atoms with E-state index in [-0.39, 0.29) is 5.97 Å². The number of rotatable bonds is 4. The summed E-state index contributed by atoms with van der Waals surface area (Å²) >= 11 is 0. The van der Waals surface area contributed by atoms with Crippen LogP contribution in [0.4, 0.5) is 5.69 Å². The van der Waals surface area contributed by atoms with Crippen molar-refractivity contribution in [1.29, 1.82) is 5.26 Å². The van der Waals surface area contributed by atoms with E-state index in [9.17, 15) is 4.79 Å². The topological polar surface area (TPSA) is 62.1 Å². The molecule has 0 bridgehead atoms. The van der Waals surface area contributed by atoms with Gasteiger partial charge in [-0.3, -0.25) is 0 Å². The first-order valence-electron chi connectivity index (χ1n) is 6.56. The van der Waals surface area contributed by atoms with Gasteiger partial charge in [-0.05, 0) is 42.3 Å². The van der Waals surface area contributed by atoms with E-state index in [0.29, 0.717) is 17.7 Å². The molecule has 2 aromatic rings. The van der Waals surface area contributed by atoms with Crippen LogP contribution in [-0.4, -0.2) is 13.1 Å². The SMILES string of the molecule is COC(=O)c1ccc(CNc2cc(C#N)ccc2C)cc1. The third-order valence-corrected chi connectivity index (χ3v) is 3.22. The highest BCUT2D eigenvalue weighted by molar-refractivity contribution is 5.89. The summed E-state index contributed by atoms with van der Waals surface area (Å²) in [5, 5.41) is 12.2. The lowest BCUT2D eigenvalue weighted by Crippen LogP contribution is -2.04. The Morgan fingerprint density at radius 3 is 2.57 bits per heavy atom. The Morgan fingerprint density at radius 1 is 1.24 bits per heavy atom. The van der Waals surface area contributed by atoms with Crippen molar-refractivity contribution >= 4 is 11.7 Å². The number of esters is 1. The van der Waals surface area contributed by atoms with Crippen LogP contribution in [0.25, 0.3) is 0 Å². The minimum Gasteiger partial charge on any atom is -0.465 e. The van der Waals surface area contributed by atoms with Crippen molar-refractivity contribution in [1.82, 2.24) is 0 Å². The Labute approximate surface area is 124 Å². The van der Waals surface area contributed by atoms with Gasteiger partial charge in [-0.1, -0.05) is 18.2 Å². The average molecular weight is 280 g/mol. The Balaban J connectivity index is 2.06. The van der Waals surface area contributed by atoms with Crippen molar-refractivity contribution in [3.8, 4) is 6.07 Å².